The molecule has 0 amide bonds. The van der Waals surface area contributed by atoms with Crippen LogP contribution in [-0.4, -0.2) is 18.3 Å². The fraction of sp³-hybridized carbons (Fsp3) is 0.500. The summed E-state index contributed by atoms with van der Waals surface area (Å²) in [4.78, 5) is 0. The predicted octanol–water partition coefficient (Wildman–Crippen LogP) is 3.40. The maximum absolute atomic E-state index is 6.21. The lowest BCUT2D eigenvalue weighted by molar-refractivity contribution is 0.00578. The normalized spacial score (nSPS) is 21.9. The molecular formula is C12H15BBrClO2. The summed E-state index contributed by atoms with van der Waals surface area (Å²) in [6, 6.07) is 5.71. The minimum atomic E-state index is -0.402. The molecule has 0 bridgehead atoms. The maximum Gasteiger partial charge on any atom is 0.496 e. The lowest BCUT2D eigenvalue weighted by Crippen LogP contribution is -2.41. The Morgan fingerprint density at radius 2 is 1.65 bits per heavy atom. The first-order valence-corrected chi connectivity index (χ1v) is 6.71. The molecule has 0 N–H and O–H groups in total. The van der Waals surface area contributed by atoms with Gasteiger partial charge in [-0.1, -0.05) is 33.6 Å². The second-order valence-corrected chi connectivity index (χ2v) is 6.58. The van der Waals surface area contributed by atoms with Crippen molar-refractivity contribution in [2.45, 2.75) is 38.9 Å². The fourth-order valence-electron chi connectivity index (χ4n) is 1.66. The molecule has 1 aromatic carbocycles. The van der Waals surface area contributed by atoms with Gasteiger partial charge in [0.05, 0.1) is 11.2 Å². The van der Waals surface area contributed by atoms with Gasteiger partial charge in [0.1, 0.15) is 0 Å². The summed E-state index contributed by atoms with van der Waals surface area (Å²) in [5, 5.41) is 0.651. The summed E-state index contributed by atoms with van der Waals surface area (Å²) in [6.07, 6.45) is 0. The molecule has 1 heterocycles. The van der Waals surface area contributed by atoms with E-state index >= 15 is 0 Å². The van der Waals surface area contributed by atoms with Gasteiger partial charge in [-0.05, 0) is 39.8 Å². The van der Waals surface area contributed by atoms with Gasteiger partial charge in [0.2, 0.25) is 0 Å². The average molecular weight is 317 g/mol. The summed E-state index contributed by atoms with van der Waals surface area (Å²) in [6.45, 7) is 8.11. The number of rotatable bonds is 1. The van der Waals surface area contributed by atoms with Crippen molar-refractivity contribution in [3.63, 3.8) is 0 Å². The van der Waals surface area contributed by atoms with E-state index in [2.05, 4.69) is 15.9 Å². The van der Waals surface area contributed by atoms with Crippen LogP contribution >= 0.6 is 27.5 Å². The zero-order valence-electron chi connectivity index (χ0n) is 10.4. The fourth-order valence-corrected chi connectivity index (χ4v) is 2.43. The second kappa shape index (κ2) is 4.27. The molecule has 0 unspecified atom stereocenters. The largest absolute Gasteiger partial charge is 0.496 e. The predicted molar refractivity (Wildman–Crippen MR) is 74.9 cm³/mol. The summed E-state index contributed by atoms with van der Waals surface area (Å²) < 4.78 is 12.8. The highest BCUT2D eigenvalue weighted by molar-refractivity contribution is 9.10. The van der Waals surface area contributed by atoms with Crippen LogP contribution in [-0.2, 0) is 9.31 Å². The molecule has 17 heavy (non-hydrogen) atoms. The molecule has 2 nitrogen and oxygen atoms in total. The molecule has 0 aromatic heterocycles. The third-order valence-corrected chi connectivity index (χ3v) is 4.29. The van der Waals surface area contributed by atoms with E-state index in [1.807, 2.05) is 45.9 Å². The van der Waals surface area contributed by atoms with Gasteiger partial charge in [-0.3, -0.25) is 0 Å². The minimum Gasteiger partial charge on any atom is -0.399 e. The van der Waals surface area contributed by atoms with Crippen molar-refractivity contribution in [2.24, 2.45) is 0 Å². The van der Waals surface area contributed by atoms with Crippen molar-refractivity contribution < 1.29 is 9.31 Å². The van der Waals surface area contributed by atoms with Crippen LogP contribution in [0.4, 0.5) is 0 Å². The number of hydrogen-bond acceptors (Lipinski definition) is 2. The van der Waals surface area contributed by atoms with Crippen LogP contribution in [0.25, 0.3) is 0 Å². The Bertz CT molecular complexity index is 432. The standard InChI is InChI=1S/C12H15BBrClO2/c1-11(2)12(3,4)17-13(16-11)9-6-5-8(14)7-10(9)15/h5-7H,1-4H3. The van der Waals surface area contributed by atoms with Crippen LogP contribution in [0, 0.1) is 0 Å². The molecular weight excluding hydrogens is 302 g/mol. The summed E-state index contributed by atoms with van der Waals surface area (Å²) in [7, 11) is -0.402. The van der Waals surface area contributed by atoms with E-state index in [4.69, 9.17) is 20.9 Å². The van der Waals surface area contributed by atoms with Gasteiger partial charge in [-0.25, -0.2) is 0 Å². The van der Waals surface area contributed by atoms with Crippen molar-refractivity contribution in [3.8, 4) is 0 Å². The summed E-state index contributed by atoms with van der Waals surface area (Å²) in [5.74, 6) is 0. The monoisotopic (exact) mass is 316 g/mol. The Morgan fingerprint density at radius 3 is 2.12 bits per heavy atom. The lowest BCUT2D eigenvalue weighted by atomic mass is 9.79. The summed E-state index contributed by atoms with van der Waals surface area (Å²) >= 11 is 9.59. The van der Waals surface area contributed by atoms with E-state index in [1.54, 1.807) is 0 Å². The van der Waals surface area contributed by atoms with Crippen molar-refractivity contribution in [2.75, 3.05) is 0 Å². The molecule has 0 radical (unpaired) electrons. The SMILES string of the molecule is CC1(C)OB(c2ccc(Br)cc2Cl)OC1(C)C. The van der Waals surface area contributed by atoms with E-state index < -0.39 is 7.12 Å². The van der Waals surface area contributed by atoms with Gasteiger partial charge < -0.3 is 9.31 Å². The zero-order valence-corrected chi connectivity index (χ0v) is 12.7. The topological polar surface area (TPSA) is 18.5 Å². The van der Waals surface area contributed by atoms with Gasteiger partial charge in [-0.2, -0.15) is 0 Å². The van der Waals surface area contributed by atoms with E-state index in [-0.39, 0.29) is 11.2 Å². The highest BCUT2D eigenvalue weighted by Crippen LogP contribution is 2.37. The second-order valence-electron chi connectivity index (χ2n) is 5.25. The zero-order chi connectivity index (χ0) is 12.8. The van der Waals surface area contributed by atoms with Gasteiger partial charge in [0.15, 0.2) is 0 Å². The third-order valence-electron chi connectivity index (χ3n) is 3.47. The Morgan fingerprint density at radius 1 is 1.12 bits per heavy atom. The van der Waals surface area contributed by atoms with Crippen molar-refractivity contribution in [3.05, 3.63) is 27.7 Å². The van der Waals surface area contributed by atoms with Crippen LogP contribution < -0.4 is 5.46 Å². The van der Waals surface area contributed by atoms with Gasteiger partial charge in [0.25, 0.3) is 0 Å². The van der Waals surface area contributed by atoms with Crippen molar-refractivity contribution in [1.82, 2.24) is 0 Å². The molecule has 1 saturated heterocycles. The van der Waals surface area contributed by atoms with Crippen molar-refractivity contribution >= 4 is 40.1 Å². The van der Waals surface area contributed by atoms with Crippen LogP contribution in [0.15, 0.2) is 22.7 Å². The van der Waals surface area contributed by atoms with E-state index in [0.717, 1.165) is 9.94 Å². The Labute approximate surface area is 116 Å². The number of hydrogen-bond donors (Lipinski definition) is 0. The lowest BCUT2D eigenvalue weighted by Gasteiger charge is -2.32. The summed E-state index contributed by atoms with van der Waals surface area (Å²) in [5.41, 5.74) is 0.191. The molecule has 1 fully saturated rings. The molecule has 5 heteroatoms. The van der Waals surface area contributed by atoms with E-state index in [9.17, 15) is 0 Å². The first kappa shape index (κ1) is 13.4. The Balaban J connectivity index is 2.32. The first-order chi connectivity index (χ1) is 7.73. The molecule has 2 rings (SSSR count). The molecule has 0 saturated carbocycles. The van der Waals surface area contributed by atoms with Crippen LogP contribution in [0.1, 0.15) is 27.7 Å². The molecule has 1 aliphatic rings. The quantitative estimate of drug-likeness (QED) is 0.739. The maximum atomic E-state index is 6.21. The smallest absolute Gasteiger partial charge is 0.399 e. The van der Waals surface area contributed by atoms with E-state index in [0.29, 0.717) is 5.02 Å². The molecule has 1 aliphatic heterocycles. The number of halogens is 2. The number of benzene rings is 1. The molecule has 1 aromatic rings. The minimum absolute atomic E-state index is 0.339. The molecule has 0 aliphatic carbocycles. The third kappa shape index (κ3) is 2.41. The van der Waals surface area contributed by atoms with Gasteiger partial charge >= 0.3 is 7.12 Å². The van der Waals surface area contributed by atoms with Crippen LogP contribution in [0.3, 0.4) is 0 Å². The highest BCUT2D eigenvalue weighted by atomic mass is 79.9. The van der Waals surface area contributed by atoms with Crippen LogP contribution in [0.5, 0.6) is 0 Å². The highest BCUT2D eigenvalue weighted by Gasteiger charge is 2.52. The Kier molecular flexibility index (Phi) is 3.37. The van der Waals surface area contributed by atoms with E-state index in [1.165, 1.54) is 0 Å². The first-order valence-electron chi connectivity index (χ1n) is 5.53. The Hall–Kier alpha value is -0.0251. The van der Waals surface area contributed by atoms with Gasteiger partial charge in [0, 0.05) is 15.0 Å². The van der Waals surface area contributed by atoms with Crippen molar-refractivity contribution in [1.29, 1.82) is 0 Å². The molecule has 0 atom stereocenters. The van der Waals surface area contributed by atoms with Crippen LogP contribution in [0.2, 0.25) is 5.02 Å². The molecule has 92 valence electrons. The van der Waals surface area contributed by atoms with Gasteiger partial charge in [-0.15, -0.1) is 0 Å². The molecule has 0 spiro atoms. The average Bonchev–Trinajstić information content (AvgIpc) is 2.35.